The van der Waals surface area contributed by atoms with Crippen LogP contribution in [-0.4, -0.2) is 51.6 Å². The zero-order valence-electron chi connectivity index (χ0n) is 17.5. The number of hydrogen-bond acceptors (Lipinski definition) is 8. The first-order valence-corrected chi connectivity index (χ1v) is 11.2. The number of ether oxygens (including phenoxy) is 1. The SMILES string of the molecule is COCCc1ncc(CN2CCC[C@@H](c3cc(Nc4nccs4)cc(C)n3)C2)cn1. The van der Waals surface area contributed by atoms with Crippen LogP contribution in [0.15, 0.2) is 36.1 Å². The Kier molecular flexibility index (Phi) is 6.99. The van der Waals surface area contributed by atoms with Gasteiger partial charge in [0.1, 0.15) is 5.82 Å². The Labute approximate surface area is 181 Å². The molecule has 3 aromatic heterocycles. The van der Waals surface area contributed by atoms with Crippen molar-refractivity contribution < 1.29 is 4.74 Å². The maximum absolute atomic E-state index is 5.10. The van der Waals surface area contributed by atoms with Gasteiger partial charge in [-0.15, -0.1) is 11.3 Å². The summed E-state index contributed by atoms with van der Waals surface area (Å²) in [6.45, 7) is 5.67. The van der Waals surface area contributed by atoms with Crippen LogP contribution in [0.5, 0.6) is 0 Å². The van der Waals surface area contributed by atoms with Gasteiger partial charge in [-0.2, -0.15) is 0 Å². The molecule has 0 spiro atoms. The summed E-state index contributed by atoms with van der Waals surface area (Å²) in [6.07, 6.45) is 8.79. The molecule has 0 aliphatic carbocycles. The Morgan fingerprint density at radius 1 is 1.23 bits per heavy atom. The Bertz CT molecular complexity index is 931. The molecule has 30 heavy (non-hydrogen) atoms. The molecule has 1 aliphatic heterocycles. The number of methoxy groups -OCH3 is 1. The fraction of sp³-hybridized carbons (Fsp3) is 0.455. The average Bonchev–Trinajstić information content (AvgIpc) is 3.26. The van der Waals surface area contributed by atoms with E-state index in [2.05, 4.69) is 44.2 Å². The van der Waals surface area contributed by atoms with Gasteiger partial charge in [0.25, 0.3) is 0 Å². The van der Waals surface area contributed by atoms with Crippen LogP contribution < -0.4 is 5.32 Å². The highest BCUT2D eigenvalue weighted by molar-refractivity contribution is 7.13. The van der Waals surface area contributed by atoms with Crippen LogP contribution in [0.4, 0.5) is 10.8 Å². The first kappa shape index (κ1) is 20.8. The molecule has 7 nitrogen and oxygen atoms in total. The van der Waals surface area contributed by atoms with Crippen molar-refractivity contribution in [1.82, 2.24) is 24.8 Å². The maximum Gasteiger partial charge on any atom is 0.187 e. The zero-order valence-corrected chi connectivity index (χ0v) is 18.4. The van der Waals surface area contributed by atoms with Crippen molar-refractivity contribution in [3.63, 3.8) is 0 Å². The van der Waals surface area contributed by atoms with Crippen molar-refractivity contribution >= 4 is 22.2 Å². The molecule has 8 heteroatoms. The van der Waals surface area contributed by atoms with Gasteiger partial charge in [0, 0.05) is 79.1 Å². The van der Waals surface area contributed by atoms with Crippen molar-refractivity contribution in [3.05, 3.63) is 58.9 Å². The topological polar surface area (TPSA) is 76.1 Å². The van der Waals surface area contributed by atoms with Crippen molar-refractivity contribution in [3.8, 4) is 0 Å². The second kappa shape index (κ2) is 10.1. The highest BCUT2D eigenvalue weighted by atomic mass is 32.1. The van der Waals surface area contributed by atoms with Crippen molar-refractivity contribution in [1.29, 1.82) is 0 Å². The van der Waals surface area contributed by atoms with E-state index in [0.717, 1.165) is 66.1 Å². The van der Waals surface area contributed by atoms with Crippen LogP contribution >= 0.6 is 11.3 Å². The lowest BCUT2D eigenvalue weighted by atomic mass is 9.93. The molecule has 0 bridgehead atoms. The maximum atomic E-state index is 5.10. The van der Waals surface area contributed by atoms with E-state index >= 15 is 0 Å². The van der Waals surface area contributed by atoms with E-state index in [1.165, 1.54) is 6.42 Å². The summed E-state index contributed by atoms with van der Waals surface area (Å²) in [7, 11) is 1.70. The largest absolute Gasteiger partial charge is 0.384 e. The molecule has 0 saturated carbocycles. The number of nitrogens with one attached hydrogen (secondary N) is 1. The molecule has 158 valence electrons. The van der Waals surface area contributed by atoms with Gasteiger partial charge in [-0.25, -0.2) is 15.0 Å². The fourth-order valence-corrected chi connectivity index (χ4v) is 4.42. The molecule has 1 saturated heterocycles. The third kappa shape index (κ3) is 5.59. The quantitative estimate of drug-likeness (QED) is 0.587. The normalized spacial score (nSPS) is 17.2. The minimum atomic E-state index is 0.428. The Morgan fingerprint density at radius 2 is 2.10 bits per heavy atom. The van der Waals surface area contributed by atoms with Crippen LogP contribution in [0.2, 0.25) is 0 Å². The lowest BCUT2D eigenvalue weighted by Gasteiger charge is -2.32. The van der Waals surface area contributed by atoms with E-state index in [9.17, 15) is 0 Å². The number of thiazole rings is 1. The number of anilines is 2. The second-order valence-corrected chi connectivity index (χ2v) is 8.60. The van der Waals surface area contributed by atoms with E-state index < -0.39 is 0 Å². The van der Waals surface area contributed by atoms with Crippen molar-refractivity contribution in [2.45, 2.75) is 38.6 Å². The number of pyridine rings is 1. The smallest absolute Gasteiger partial charge is 0.187 e. The number of rotatable bonds is 8. The van der Waals surface area contributed by atoms with Gasteiger partial charge in [0.2, 0.25) is 0 Å². The zero-order chi connectivity index (χ0) is 20.8. The molecule has 1 fully saturated rings. The highest BCUT2D eigenvalue weighted by Crippen LogP contribution is 2.29. The van der Waals surface area contributed by atoms with E-state index in [0.29, 0.717) is 12.5 Å². The summed E-state index contributed by atoms with van der Waals surface area (Å²) in [4.78, 5) is 20.6. The predicted molar refractivity (Wildman–Crippen MR) is 119 cm³/mol. The van der Waals surface area contributed by atoms with Gasteiger partial charge >= 0.3 is 0 Å². The Morgan fingerprint density at radius 3 is 2.87 bits per heavy atom. The van der Waals surface area contributed by atoms with Crippen LogP contribution in [0.1, 0.15) is 41.5 Å². The first-order chi connectivity index (χ1) is 14.7. The molecule has 0 aromatic carbocycles. The standard InChI is InChI=1S/C22H28N6OS/c1-16-10-19(27-22-23-6-9-30-22)11-20(26-16)18-4-3-7-28(15-18)14-17-12-24-21(25-13-17)5-8-29-2/h6,9-13,18H,3-5,7-8,14-15H2,1-2H3,(H,23,26,27)/t18-/m1/s1. The Hall–Kier alpha value is -2.42. The molecular formula is C22H28N6OS. The van der Waals surface area contributed by atoms with E-state index in [1.54, 1.807) is 18.4 Å². The number of nitrogens with zero attached hydrogens (tertiary/aromatic N) is 5. The minimum absolute atomic E-state index is 0.428. The fourth-order valence-electron chi connectivity index (χ4n) is 3.87. The molecule has 0 radical (unpaired) electrons. The molecule has 0 unspecified atom stereocenters. The first-order valence-electron chi connectivity index (χ1n) is 10.4. The highest BCUT2D eigenvalue weighted by Gasteiger charge is 2.23. The molecule has 1 aliphatic rings. The van der Waals surface area contributed by atoms with Crippen LogP contribution in [0, 0.1) is 6.92 Å². The number of aromatic nitrogens is 4. The monoisotopic (exact) mass is 424 g/mol. The molecule has 4 heterocycles. The van der Waals surface area contributed by atoms with Gasteiger partial charge in [-0.1, -0.05) is 0 Å². The van der Waals surface area contributed by atoms with Crippen LogP contribution in [0.25, 0.3) is 0 Å². The summed E-state index contributed by atoms with van der Waals surface area (Å²) in [5.74, 6) is 1.26. The van der Waals surface area contributed by atoms with Crippen molar-refractivity contribution in [2.24, 2.45) is 0 Å². The number of hydrogen-bond donors (Lipinski definition) is 1. The summed E-state index contributed by atoms with van der Waals surface area (Å²) in [6, 6.07) is 4.25. The summed E-state index contributed by atoms with van der Waals surface area (Å²) in [5, 5.41) is 6.29. The third-order valence-corrected chi connectivity index (χ3v) is 5.96. The van der Waals surface area contributed by atoms with Gasteiger partial charge in [0.05, 0.1) is 6.61 Å². The molecular weight excluding hydrogens is 396 g/mol. The molecule has 1 atom stereocenters. The number of aryl methyl sites for hydroxylation is 1. The van der Waals surface area contributed by atoms with Gasteiger partial charge in [-0.05, 0) is 38.4 Å². The molecule has 1 N–H and O–H groups in total. The Balaban J connectivity index is 1.40. The van der Waals surface area contributed by atoms with Gasteiger partial charge in [-0.3, -0.25) is 9.88 Å². The lowest BCUT2D eigenvalue weighted by molar-refractivity contribution is 0.197. The molecule has 3 aromatic rings. The van der Waals surface area contributed by atoms with E-state index in [-0.39, 0.29) is 0 Å². The summed E-state index contributed by atoms with van der Waals surface area (Å²) < 4.78 is 5.10. The minimum Gasteiger partial charge on any atom is -0.384 e. The van der Waals surface area contributed by atoms with E-state index in [4.69, 9.17) is 9.72 Å². The average molecular weight is 425 g/mol. The second-order valence-electron chi connectivity index (χ2n) is 7.71. The lowest BCUT2D eigenvalue weighted by Crippen LogP contribution is -2.34. The summed E-state index contributed by atoms with van der Waals surface area (Å²) in [5.41, 5.74) is 4.40. The van der Waals surface area contributed by atoms with Crippen LogP contribution in [0.3, 0.4) is 0 Å². The van der Waals surface area contributed by atoms with Crippen LogP contribution in [-0.2, 0) is 17.7 Å². The van der Waals surface area contributed by atoms with Gasteiger partial charge < -0.3 is 10.1 Å². The van der Waals surface area contributed by atoms with Gasteiger partial charge in [0.15, 0.2) is 5.13 Å². The summed E-state index contributed by atoms with van der Waals surface area (Å²) >= 11 is 1.60. The molecule has 0 amide bonds. The number of piperidine rings is 1. The molecule has 4 rings (SSSR count). The van der Waals surface area contributed by atoms with Crippen molar-refractivity contribution in [2.75, 3.05) is 32.1 Å². The third-order valence-electron chi connectivity index (χ3n) is 5.28. The predicted octanol–water partition coefficient (Wildman–Crippen LogP) is 3.95. The number of likely N-dealkylation sites (tertiary alicyclic amines) is 1. The van der Waals surface area contributed by atoms with E-state index in [1.807, 2.05) is 24.0 Å².